The molecular weight excluding hydrogens is 395 g/mol. The molecule has 1 aliphatic heterocycles. The third kappa shape index (κ3) is 3.61. The van der Waals surface area contributed by atoms with Crippen molar-refractivity contribution < 1.29 is 27.4 Å². The van der Waals surface area contributed by atoms with Crippen LogP contribution in [0, 0.1) is 5.92 Å². The molecule has 0 radical (unpaired) electrons. The standard InChI is InChI=1S/C23H24F3NO3/c1-29-19-12-15-9-10-27(22(28)14-5-3-6-14)21(18(15)13-20(19)30-2)16-7-4-8-17(11-16)23(24,25)26/h4,7-8,11-14,21H,3,5-6,9-10H2,1-2H3. The summed E-state index contributed by atoms with van der Waals surface area (Å²) >= 11 is 0. The number of hydrogen-bond acceptors (Lipinski definition) is 3. The van der Waals surface area contributed by atoms with Gasteiger partial charge in [-0.2, -0.15) is 13.2 Å². The first-order valence-corrected chi connectivity index (χ1v) is 10.1. The van der Waals surface area contributed by atoms with Crippen LogP contribution in [0.1, 0.15) is 47.6 Å². The Bertz CT molecular complexity index is 953. The van der Waals surface area contributed by atoms with Crippen LogP contribution in [0.25, 0.3) is 0 Å². The fourth-order valence-electron chi connectivity index (χ4n) is 4.32. The van der Waals surface area contributed by atoms with E-state index >= 15 is 0 Å². The molecule has 7 heteroatoms. The lowest BCUT2D eigenvalue weighted by Crippen LogP contribution is -2.45. The van der Waals surface area contributed by atoms with E-state index in [4.69, 9.17) is 9.47 Å². The second kappa shape index (κ2) is 7.85. The summed E-state index contributed by atoms with van der Waals surface area (Å²) in [5, 5.41) is 0. The summed E-state index contributed by atoms with van der Waals surface area (Å²) in [4.78, 5) is 14.9. The number of hydrogen-bond donors (Lipinski definition) is 0. The highest BCUT2D eigenvalue weighted by atomic mass is 19.4. The van der Waals surface area contributed by atoms with Crippen LogP contribution in [-0.2, 0) is 17.4 Å². The van der Waals surface area contributed by atoms with Crippen molar-refractivity contribution >= 4 is 5.91 Å². The first-order valence-electron chi connectivity index (χ1n) is 10.1. The number of fused-ring (bicyclic) bond motifs is 1. The SMILES string of the molecule is COc1cc2c(cc1OC)C(c1cccc(C(F)(F)F)c1)N(C(=O)C1CCC1)CC2. The van der Waals surface area contributed by atoms with Crippen molar-refractivity contribution in [3.05, 3.63) is 58.7 Å². The maximum atomic E-state index is 13.4. The fraction of sp³-hybridized carbons (Fsp3) is 0.435. The number of rotatable bonds is 4. The number of amides is 1. The van der Waals surface area contributed by atoms with E-state index in [-0.39, 0.29) is 11.8 Å². The second-order valence-corrected chi connectivity index (χ2v) is 7.84. The van der Waals surface area contributed by atoms with E-state index in [0.29, 0.717) is 30.0 Å². The topological polar surface area (TPSA) is 38.8 Å². The maximum Gasteiger partial charge on any atom is 0.416 e. The van der Waals surface area contributed by atoms with Crippen molar-refractivity contribution in [2.75, 3.05) is 20.8 Å². The zero-order valence-corrected chi connectivity index (χ0v) is 17.0. The smallest absolute Gasteiger partial charge is 0.416 e. The van der Waals surface area contributed by atoms with Gasteiger partial charge in [-0.25, -0.2) is 0 Å². The average Bonchev–Trinajstić information content (AvgIpc) is 2.69. The zero-order valence-electron chi connectivity index (χ0n) is 17.0. The quantitative estimate of drug-likeness (QED) is 0.700. The van der Waals surface area contributed by atoms with Gasteiger partial charge in [-0.05, 0) is 60.2 Å². The molecule has 2 aliphatic rings. The minimum atomic E-state index is -4.45. The lowest BCUT2D eigenvalue weighted by atomic mass is 9.81. The van der Waals surface area contributed by atoms with Gasteiger partial charge in [0.15, 0.2) is 11.5 Å². The van der Waals surface area contributed by atoms with Gasteiger partial charge in [0.05, 0.1) is 25.8 Å². The van der Waals surface area contributed by atoms with Gasteiger partial charge in [-0.15, -0.1) is 0 Å². The van der Waals surface area contributed by atoms with Crippen molar-refractivity contribution in [1.82, 2.24) is 4.90 Å². The van der Waals surface area contributed by atoms with Crippen LogP contribution in [0.15, 0.2) is 36.4 Å². The van der Waals surface area contributed by atoms with Crippen LogP contribution in [0.3, 0.4) is 0 Å². The van der Waals surface area contributed by atoms with E-state index in [0.717, 1.165) is 42.5 Å². The molecule has 4 rings (SSSR count). The minimum Gasteiger partial charge on any atom is -0.493 e. The van der Waals surface area contributed by atoms with Gasteiger partial charge in [0, 0.05) is 12.5 Å². The largest absolute Gasteiger partial charge is 0.493 e. The van der Waals surface area contributed by atoms with E-state index in [9.17, 15) is 18.0 Å². The first-order chi connectivity index (χ1) is 14.3. The minimum absolute atomic E-state index is 0.0177. The van der Waals surface area contributed by atoms with Crippen LogP contribution in [0.2, 0.25) is 0 Å². The van der Waals surface area contributed by atoms with Crippen molar-refractivity contribution in [3.8, 4) is 11.5 Å². The van der Waals surface area contributed by atoms with Gasteiger partial charge in [0.25, 0.3) is 0 Å². The highest BCUT2D eigenvalue weighted by molar-refractivity contribution is 5.81. The molecule has 1 atom stereocenters. The molecule has 1 aliphatic carbocycles. The zero-order chi connectivity index (χ0) is 21.5. The Labute approximate surface area is 173 Å². The molecule has 30 heavy (non-hydrogen) atoms. The van der Waals surface area contributed by atoms with Crippen LogP contribution < -0.4 is 9.47 Å². The molecule has 1 saturated carbocycles. The van der Waals surface area contributed by atoms with E-state index in [2.05, 4.69) is 0 Å². The summed E-state index contributed by atoms with van der Waals surface area (Å²) in [6.45, 7) is 0.457. The van der Waals surface area contributed by atoms with E-state index in [1.807, 2.05) is 6.07 Å². The summed E-state index contributed by atoms with van der Waals surface area (Å²) in [5.41, 5.74) is 1.47. The molecule has 0 bridgehead atoms. The highest BCUT2D eigenvalue weighted by Crippen LogP contribution is 2.43. The Kier molecular flexibility index (Phi) is 5.38. The lowest BCUT2D eigenvalue weighted by molar-refractivity contribution is -0.140. The number of benzene rings is 2. The van der Waals surface area contributed by atoms with Crippen LogP contribution in [0.5, 0.6) is 11.5 Å². The Morgan fingerprint density at radius 2 is 1.77 bits per heavy atom. The molecule has 2 aromatic rings. The molecule has 1 unspecified atom stereocenters. The molecule has 1 heterocycles. The Morgan fingerprint density at radius 3 is 2.37 bits per heavy atom. The number of carbonyl (C=O) groups excluding carboxylic acids is 1. The number of halogens is 3. The molecule has 0 aromatic heterocycles. The number of methoxy groups -OCH3 is 2. The van der Waals surface area contributed by atoms with Crippen molar-refractivity contribution in [3.63, 3.8) is 0 Å². The monoisotopic (exact) mass is 419 g/mol. The third-order valence-electron chi connectivity index (χ3n) is 6.14. The van der Waals surface area contributed by atoms with Gasteiger partial charge in [-0.3, -0.25) is 4.79 Å². The molecule has 0 saturated heterocycles. The summed E-state index contributed by atoms with van der Waals surface area (Å²) in [6.07, 6.45) is -1.15. The molecule has 2 aromatic carbocycles. The fourth-order valence-corrected chi connectivity index (χ4v) is 4.32. The Hall–Kier alpha value is -2.70. The normalized spacial score (nSPS) is 19.1. The number of nitrogens with zero attached hydrogens (tertiary/aromatic N) is 1. The molecule has 160 valence electrons. The number of ether oxygens (including phenoxy) is 2. The summed E-state index contributed by atoms with van der Waals surface area (Å²) in [6, 6.07) is 8.33. The highest BCUT2D eigenvalue weighted by Gasteiger charge is 2.39. The van der Waals surface area contributed by atoms with Crippen LogP contribution in [0.4, 0.5) is 13.2 Å². The molecule has 1 amide bonds. The van der Waals surface area contributed by atoms with Crippen molar-refractivity contribution in [2.24, 2.45) is 5.92 Å². The first kappa shape index (κ1) is 20.6. The van der Waals surface area contributed by atoms with Gasteiger partial charge in [-0.1, -0.05) is 18.6 Å². The molecule has 0 N–H and O–H groups in total. The lowest BCUT2D eigenvalue weighted by Gasteiger charge is -2.41. The van der Waals surface area contributed by atoms with Crippen molar-refractivity contribution in [1.29, 1.82) is 0 Å². The van der Waals surface area contributed by atoms with E-state index in [1.54, 1.807) is 24.1 Å². The molecule has 1 fully saturated rings. The summed E-state index contributed by atoms with van der Waals surface area (Å²) < 4.78 is 51.0. The second-order valence-electron chi connectivity index (χ2n) is 7.84. The summed E-state index contributed by atoms with van der Waals surface area (Å²) in [7, 11) is 3.06. The van der Waals surface area contributed by atoms with Gasteiger partial charge >= 0.3 is 6.18 Å². The molecule has 4 nitrogen and oxygen atoms in total. The van der Waals surface area contributed by atoms with Gasteiger partial charge in [0.1, 0.15) is 0 Å². The summed E-state index contributed by atoms with van der Waals surface area (Å²) in [5.74, 6) is 1.04. The van der Waals surface area contributed by atoms with Crippen LogP contribution in [-0.4, -0.2) is 31.6 Å². The predicted octanol–water partition coefficient (Wildman–Crippen LogP) is 5.00. The Balaban J connectivity index is 1.85. The van der Waals surface area contributed by atoms with Gasteiger partial charge < -0.3 is 14.4 Å². The number of alkyl halides is 3. The van der Waals surface area contributed by atoms with Crippen LogP contribution >= 0.6 is 0 Å². The van der Waals surface area contributed by atoms with E-state index in [1.165, 1.54) is 13.2 Å². The predicted molar refractivity (Wildman–Crippen MR) is 106 cm³/mol. The van der Waals surface area contributed by atoms with Crippen molar-refractivity contribution in [2.45, 2.75) is 37.9 Å². The average molecular weight is 419 g/mol. The molecule has 0 spiro atoms. The Morgan fingerprint density at radius 1 is 1.07 bits per heavy atom. The third-order valence-corrected chi connectivity index (χ3v) is 6.14. The van der Waals surface area contributed by atoms with E-state index < -0.39 is 17.8 Å². The molecular formula is C23H24F3NO3. The number of carbonyl (C=O) groups is 1. The maximum absolute atomic E-state index is 13.4. The van der Waals surface area contributed by atoms with Gasteiger partial charge in [0.2, 0.25) is 5.91 Å².